The van der Waals surface area contributed by atoms with E-state index in [2.05, 4.69) is 14.5 Å². The topological polar surface area (TPSA) is 48.4 Å². The van der Waals surface area contributed by atoms with Crippen molar-refractivity contribution < 1.29 is 27.4 Å². The highest BCUT2D eigenvalue weighted by molar-refractivity contribution is 6.32. The molecular formula is C9H7ClF3NO3. The number of methoxy groups -OCH3 is 1. The fourth-order valence-electron chi connectivity index (χ4n) is 0.911. The third-order valence-corrected chi connectivity index (χ3v) is 1.87. The summed E-state index contributed by atoms with van der Waals surface area (Å²) in [6.07, 6.45) is -3.46. The van der Waals surface area contributed by atoms with Crippen molar-refractivity contribution >= 4 is 17.6 Å². The van der Waals surface area contributed by atoms with E-state index >= 15 is 0 Å². The van der Waals surface area contributed by atoms with E-state index in [1.54, 1.807) is 0 Å². The maximum atomic E-state index is 11.9. The second kappa shape index (κ2) is 5.22. The zero-order chi connectivity index (χ0) is 13.1. The van der Waals surface area contributed by atoms with Crippen molar-refractivity contribution in [3.05, 3.63) is 22.8 Å². The fourth-order valence-corrected chi connectivity index (χ4v) is 1.13. The number of carbonyl (C=O) groups excluding carboxylic acids is 1. The number of rotatable bonds is 3. The van der Waals surface area contributed by atoms with E-state index < -0.39 is 24.6 Å². The molecular weight excluding hydrogens is 263 g/mol. The first-order valence-corrected chi connectivity index (χ1v) is 4.64. The summed E-state index contributed by atoms with van der Waals surface area (Å²) >= 11 is 5.60. The Balaban J connectivity index is 2.80. The molecule has 8 heteroatoms. The fraction of sp³-hybridized carbons (Fsp3) is 0.333. The summed E-state index contributed by atoms with van der Waals surface area (Å²) in [7, 11) is 1.16. The molecule has 1 rings (SSSR count). The molecule has 0 aliphatic heterocycles. The van der Waals surface area contributed by atoms with Crippen molar-refractivity contribution in [3.63, 3.8) is 0 Å². The number of esters is 1. The second-order valence-corrected chi connectivity index (χ2v) is 3.31. The average molecular weight is 270 g/mol. The van der Waals surface area contributed by atoms with Crippen molar-refractivity contribution in [3.8, 4) is 5.88 Å². The van der Waals surface area contributed by atoms with Gasteiger partial charge in [0.1, 0.15) is 5.02 Å². The standard InChI is InChI=1S/C9H7ClF3NO3/c1-16-8(15)5-2-6(10)7(14-3-5)17-4-9(11,12)13/h2-3H,4H2,1H3. The van der Waals surface area contributed by atoms with Crippen LogP contribution in [-0.4, -0.2) is 30.8 Å². The van der Waals surface area contributed by atoms with Crippen LogP contribution in [-0.2, 0) is 4.74 Å². The van der Waals surface area contributed by atoms with Crippen molar-refractivity contribution in [2.24, 2.45) is 0 Å². The van der Waals surface area contributed by atoms with Crippen LogP contribution in [0.15, 0.2) is 12.3 Å². The number of ether oxygens (including phenoxy) is 2. The molecule has 17 heavy (non-hydrogen) atoms. The van der Waals surface area contributed by atoms with Crippen LogP contribution in [0.1, 0.15) is 10.4 Å². The van der Waals surface area contributed by atoms with Crippen LogP contribution >= 0.6 is 11.6 Å². The van der Waals surface area contributed by atoms with Crippen molar-refractivity contribution in [2.45, 2.75) is 6.18 Å². The van der Waals surface area contributed by atoms with Crippen LogP contribution in [0.25, 0.3) is 0 Å². The summed E-state index contributed by atoms with van der Waals surface area (Å²) in [5.74, 6) is -1.08. The minimum absolute atomic E-state index is 0.0249. The molecule has 0 atom stereocenters. The van der Waals surface area contributed by atoms with Gasteiger partial charge in [-0.2, -0.15) is 13.2 Å². The molecule has 0 fully saturated rings. The first-order chi connectivity index (χ1) is 7.83. The van der Waals surface area contributed by atoms with E-state index in [0.29, 0.717) is 0 Å². The molecule has 4 nitrogen and oxygen atoms in total. The van der Waals surface area contributed by atoms with Gasteiger partial charge in [-0.25, -0.2) is 9.78 Å². The third-order valence-electron chi connectivity index (χ3n) is 1.60. The molecule has 0 aliphatic carbocycles. The van der Waals surface area contributed by atoms with E-state index in [1.807, 2.05) is 0 Å². The summed E-state index contributed by atoms with van der Waals surface area (Å²) in [5, 5.41) is -0.197. The van der Waals surface area contributed by atoms with Gasteiger partial charge in [-0.05, 0) is 6.07 Å². The molecule has 0 aromatic carbocycles. The van der Waals surface area contributed by atoms with Crippen LogP contribution in [0, 0.1) is 0 Å². The van der Waals surface area contributed by atoms with Gasteiger partial charge in [-0.3, -0.25) is 0 Å². The predicted molar refractivity (Wildman–Crippen MR) is 52.1 cm³/mol. The molecule has 1 heterocycles. The van der Waals surface area contributed by atoms with Crippen LogP contribution in [0.3, 0.4) is 0 Å². The van der Waals surface area contributed by atoms with E-state index in [-0.39, 0.29) is 10.6 Å². The van der Waals surface area contributed by atoms with Crippen LogP contribution in [0.2, 0.25) is 5.02 Å². The summed E-state index contributed by atoms with van der Waals surface area (Å²) < 4.78 is 44.3. The molecule has 0 radical (unpaired) electrons. The minimum atomic E-state index is -4.48. The summed E-state index contributed by atoms with van der Waals surface area (Å²) in [5.41, 5.74) is 0.0249. The number of halogens is 4. The molecule has 1 aromatic heterocycles. The molecule has 0 N–H and O–H groups in total. The number of nitrogens with zero attached hydrogens (tertiary/aromatic N) is 1. The van der Waals surface area contributed by atoms with Crippen LogP contribution in [0.5, 0.6) is 5.88 Å². The predicted octanol–water partition coefficient (Wildman–Crippen LogP) is 2.46. The third kappa shape index (κ3) is 4.10. The Hall–Kier alpha value is -1.50. The van der Waals surface area contributed by atoms with Gasteiger partial charge >= 0.3 is 12.1 Å². The highest BCUT2D eigenvalue weighted by atomic mass is 35.5. The zero-order valence-electron chi connectivity index (χ0n) is 8.55. The highest BCUT2D eigenvalue weighted by Crippen LogP contribution is 2.25. The SMILES string of the molecule is COC(=O)c1cnc(OCC(F)(F)F)c(Cl)c1. The Kier molecular flexibility index (Phi) is 4.17. The van der Waals surface area contributed by atoms with Crippen molar-refractivity contribution in [1.29, 1.82) is 0 Å². The molecule has 0 saturated carbocycles. The average Bonchev–Trinajstić information content (AvgIpc) is 2.25. The van der Waals surface area contributed by atoms with Gasteiger partial charge in [0.25, 0.3) is 0 Å². The molecule has 94 valence electrons. The molecule has 0 aliphatic rings. The molecule has 0 bridgehead atoms. The molecule has 0 amide bonds. The first kappa shape index (κ1) is 13.6. The lowest BCUT2D eigenvalue weighted by Crippen LogP contribution is -2.19. The lowest BCUT2D eigenvalue weighted by Gasteiger charge is -2.09. The number of hydrogen-bond acceptors (Lipinski definition) is 4. The number of hydrogen-bond donors (Lipinski definition) is 0. The summed E-state index contributed by atoms with van der Waals surface area (Å²) in [4.78, 5) is 14.5. The van der Waals surface area contributed by atoms with Gasteiger partial charge in [-0.15, -0.1) is 0 Å². The number of carbonyl (C=O) groups is 1. The van der Waals surface area contributed by atoms with Gasteiger partial charge in [0.05, 0.1) is 12.7 Å². The van der Waals surface area contributed by atoms with E-state index in [9.17, 15) is 18.0 Å². The maximum Gasteiger partial charge on any atom is 0.422 e. The second-order valence-electron chi connectivity index (χ2n) is 2.91. The van der Waals surface area contributed by atoms with Gasteiger partial charge in [0.15, 0.2) is 6.61 Å². The van der Waals surface area contributed by atoms with Crippen molar-refractivity contribution in [1.82, 2.24) is 4.98 Å². The lowest BCUT2D eigenvalue weighted by molar-refractivity contribution is -0.154. The first-order valence-electron chi connectivity index (χ1n) is 4.27. The minimum Gasteiger partial charge on any atom is -0.467 e. The van der Waals surface area contributed by atoms with Gasteiger partial charge < -0.3 is 9.47 Å². The Labute approximate surface area is 99.3 Å². The Morgan fingerprint density at radius 2 is 2.18 bits per heavy atom. The smallest absolute Gasteiger partial charge is 0.422 e. The molecule has 0 unspecified atom stereocenters. The Bertz CT molecular complexity index is 422. The highest BCUT2D eigenvalue weighted by Gasteiger charge is 2.29. The lowest BCUT2D eigenvalue weighted by atomic mass is 10.3. The zero-order valence-corrected chi connectivity index (χ0v) is 9.30. The quantitative estimate of drug-likeness (QED) is 0.791. The number of alkyl halides is 3. The summed E-state index contributed by atoms with van der Waals surface area (Å²) in [6.45, 7) is -1.50. The van der Waals surface area contributed by atoms with Crippen LogP contribution in [0.4, 0.5) is 13.2 Å². The molecule has 1 aromatic rings. The molecule has 0 spiro atoms. The largest absolute Gasteiger partial charge is 0.467 e. The van der Waals surface area contributed by atoms with Crippen molar-refractivity contribution in [2.75, 3.05) is 13.7 Å². The van der Waals surface area contributed by atoms with Gasteiger partial charge in [0, 0.05) is 6.20 Å². The van der Waals surface area contributed by atoms with E-state index in [4.69, 9.17) is 11.6 Å². The summed E-state index contributed by atoms with van der Waals surface area (Å²) in [6, 6.07) is 1.12. The normalized spacial score (nSPS) is 11.1. The van der Waals surface area contributed by atoms with Gasteiger partial charge in [-0.1, -0.05) is 11.6 Å². The Morgan fingerprint density at radius 1 is 1.53 bits per heavy atom. The Morgan fingerprint density at radius 3 is 2.65 bits per heavy atom. The monoisotopic (exact) mass is 269 g/mol. The molecule has 0 saturated heterocycles. The van der Waals surface area contributed by atoms with Gasteiger partial charge in [0.2, 0.25) is 5.88 Å². The maximum absolute atomic E-state index is 11.9. The van der Waals surface area contributed by atoms with Crippen LogP contribution < -0.4 is 4.74 Å². The van der Waals surface area contributed by atoms with E-state index in [1.165, 1.54) is 0 Å². The van der Waals surface area contributed by atoms with E-state index in [0.717, 1.165) is 19.4 Å². The number of aromatic nitrogens is 1. The number of pyridine rings is 1.